The van der Waals surface area contributed by atoms with Crippen LogP contribution >= 0.6 is 0 Å². The molecular formula is C15H21NO3. The Hall–Kier alpha value is -1.84. The number of nitrogens with one attached hydrogen (secondary N) is 1. The summed E-state index contributed by atoms with van der Waals surface area (Å²) < 4.78 is 4.62. The van der Waals surface area contributed by atoms with E-state index in [0.29, 0.717) is 6.54 Å². The highest BCUT2D eigenvalue weighted by Gasteiger charge is 2.36. The van der Waals surface area contributed by atoms with E-state index in [2.05, 4.69) is 17.0 Å². The summed E-state index contributed by atoms with van der Waals surface area (Å²) in [6.07, 6.45) is 0.988. The maximum Gasteiger partial charge on any atom is 0.320 e. The van der Waals surface area contributed by atoms with Gasteiger partial charge in [0.05, 0.1) is 7.11 Å². The average molecular weight is 263 g/mol. The van der Waals surface area contributed by atoms with Gasteiger partial charge in [-0.2, -0.15) is 0 Å². The van der Waals surface area contributed by atoms with Crippen molar-refractivity contribution in [2.24, 2.45) is 5.41 Å². The molecule has 1 rings (SSSR count). The van der Waals surface area contributed by atoms with Crippen LogP contribution in [0.25, 0.3) is 0 Å². The van der Waals surface area contributed by atoms with E-state index in [1.807, 2.05) is 24.3 Å². The fourth-order valence-corrected chi connectivity index (χ4v) is 1.64. The highest BCUT2D eigenvalue weighted by atomic mass is 16.5. The lowest BCUT2D eigenvalue weighted by molar-refractivity contribution is -0.156. The first-order valence-electron chi connectivity index (χ1n) is 6.36. The zero-order valence-electron chi connectivity index (χ0n) is 11.9. The number of hydrogen-bond acceptors (Lipinski definition) is 3. The van der Waals surface area contributed by atoms with Crippen LogP contribution in [-0.4, -0.2) is 19.0 Å². The molecule has 0 spiro atoms. The molecule has 0 radical (unpaired) electrons. The molecule has 0 aliphatic carbocycles. The topological polar surface area (TPSA) is 55.4 Å². The van der Waals surface area contributed by atoms with Gasteiger partial charge in [-0.3, -0.25) is 9.59 Å². The zero-order valence-corrected chi connectivity index (χ0v) is 11.9. The van der Waals surface area contributed by atoms with E-state index < -0.39 is 11.4 Å². The molecular weight excluding hydrogens is 242 g/mol. The lowest BCUT2D eigenvalue weighted by atomic mass is 9.92. The van der Waals surface area contributed by atoms with E-state index >= 15 is 0 Å². The minimum atomic E-state index is -1.17. The highest BCUT2D eigenvalue weighted by molar-refractivity contribution is 6.01. The van der Waals surface area contributed by atoms with Crippen molar-refractivity contribution in [2.75, 3.05) is 7.11 Å². The SMILES string of the molecule is CCc1ccc(CNC(=O)C(C)(C)C(=O)OC)cc1. The number of ether oxygens (including phenoxy) is 1. The van der Waals surface area contributed by atoms with E-state index in [-0.39, 0.29) is 5.91 Å². The van der Waals surface area contributed by atoms with Gasteiger partial charge in [0.25, 0.3) is 0 Å². The van der Waals surface area contributed by atoms with E-state index in [1.54, 1.807) is 13.8 Å². The van der Waals surface area contributed by atoms with Gasteiger partial charge in [0, 0.05) is 6.54 Å². The van der Waals surface area contributed by atoms with Gasteiger partial charge >= 0.3 is 5.97 Å². The van der Waals surface area contributed by atoms with Crippen LogP contribution in [0.2, 0.25) is 0 Å². The van der Waals surface area contributed by atoms with Gasteiger partial charge in [-0.15, -0.1) is 0 Å². The summed E-state index contributed by atoms with van der Waals surface area (Å²) in [4.78, 5) is 23.4. The molecule has 0 aliphatic heterocycles. The van der Waals surface area contributed by atoms with Crippen LogP contribution in [-0.2, 0) is 27.3 Å². The minimum Gasteiger partial charge on any atom is -0.468 e. The maximum atomic E-state index is 11.9. The van der Waals surface area contributed by atoms with Crippen LogP contribution < -0.4 is 5.32 Å². The van der Waals surface area contributed by atoms with Crippen LogP contribution in [0.4, 0.5) is 0 Å². The number of esters is 1. The Labute approximate surface area is 114 Å². The van der Waals surface area contributed by atoms with Crippen LogP contribution in [0.5, 0.6) is 0 Å². The van der Waals surface area contributed by atoms with E-state index in [1.165, 1.54) is 12.7 Å². The second-order valence-corrected chi connectivity index (χ2v) is 4.97. The maximum absolute atomic E-state index is 11.9. The molecule has 0 saturated carbocycles. The predicted molar refractivity (Wildman–Crippen MR) is 73.5 cm³/mol. The number of benzene rings is 1. The number of rotatable bonds is 5. The fourth-order valence-electron chi connectivity index (χ4n) is 1.64. The van der Waals surface area contributed by atoms with Crippen molar-refractivity contribution in [3.63, 3.8) is 0 Å². The minimum absolute atomic E-state index is 0.334. The normalized spacial score (nSPS) is 10.9. The van der Waals surface area contributed by atoms with Gasteiger partial charge in [0.1, 0.15) is 5.41 Å². The predicted octanol–water partition coefficient (Wildman–Crippen LogP) is 2.06. The first kappa shape index (κ1) is 15.2. The van der Waals surface area contributed by atoms with Crippen molar-refractivity contribution in [1.82, 2.24) is 5.32 Å². The van der Waals surface area contributed by atoms with Crippen molar-refractivity contribution in [1.29, 1.82) is 0 Å². The Bertz CT molecular complexity index is 449. The van der Waals surface area contributed by atoms with E-state index in [9.17, 15) is 9.59 Å². The molecule has 19 heavy (non-hydrogen) atoms. The standard InChI is InChI=1S/C15H21NO3/c1-5-11-6-8-12(9-7-11)10-16-13(17)15(2,3)14(18)19-4/h6-9H,5,10H2,1-4H3,(H,16,17). The summed E-state index contributed by atoms with van der Waals surface area (Å²) in [6.45, 7) is 5.60. The molecule has 104 valence electrons. The first-order valence-corrected chi connectivity index (χ1v) is 6.36. The van der Waals surface area contributed by atoms with Gasteiger partial charge < -0.3 is 10.1 Å². The molecule has 1 amide bonds. The first-order chi connectivity index (χ1) is 8.91. The lowest BCUT2D eigenvalue weighted by Gasteiger charge is -2.20. The molecule has 4 heteroatoms. The Morgan fingerprint density at radius 3 is 2.16 bits per heavy atom. The third kappa shape index (κ3) is 3.81. The van der Waals surface area contributed by atoms with Crippen molar-refractivity contribution >= 4 is 11.9 Å². The summed E-state index contributed by atoms with van der Waals surface area (Å²) in [5.41, 5.74) is 1.09. The second kappa shape index (κ2) is 6.36. The number of hydrogen-bond donors (Lipinski definition) is 1. The van der Waals surface area contributed by atoms with Crippen molar-refractivity contribution in [3.05, 3.63) is 35.4 Å². The molecule has 1 aromatic carbocycles. The quantitative estimate of drug-likeness (QED) is 0.653. The second-order valence-electron chi connectivity index (χ2n) is 4.97. The van der Waals surface area contributed by atoms with Crippen LogP contribution in [0.3, 0.4) is 0 Å². The van der Waals surface area contributed by atoms with Gasteiger partial charge in [0.2, 0.25) is 5.91 Å². The summed E-state index contributed by atoms with van der Waals surface area (Å²) in [5.74, 6) is -0.870. The third-order valence-electron chi connectivity index (χ3n) is 3.15. The monoisotopic (exact) mass is 263 g/mol. The Balaban J connectivity index is 2.60. The summed E-state index contributed by atoms with van der Waals surface area (Å²) >= 11 is 0. The van der Waals surface area contributed by atoms with Crippen LogP contribution in [0, 0.1) is 5.41 Å². The average Bonchev–Trinajstić information content (AvgIpc) is 2.44. The molecule has 0 heterocycles. The smallest absolute Gasteiger partial charge is 0.320 e. The molecule has 1 aromatic rings. The van der Waals surface area contributed by atoms with Crippen molar-refractivity contribution < 1.29 is 14.3 Å². The molecule has 0 fully saturated rings. The zero-order chi connectivity index (χ0) is 14.5. The molecule has 0 aromatic heterocycles. The number of aryl methyl sites for hydroxylation is 1. The van der Waals surface area contributed by atoms with Gasteiger partial charge in [-0.25, -0.2) is 0 Å². The molecule has 0 unspecified atom stereocenters. The van der Waals surface area contributed by atoms with Gasteiger partial charge in [0.15, 0.2) is 0 Å². The van der Waals surface area contributed by atoms with E-state index in [4.69, 9.17) is 0 Å². The largest absolute Gasteiger partial charge is 0.468 e. The molecule has 0 bridgehead atoms. The summed E-state index contributed by atoms with van der Waals surface area (Å²) in [7, 11) is 1.28. The third-order valence-corrected chi connectivity index (χ3v) is 3.15. The van der Waals surface area contributed by atoms with Crippen LogP contribution in [0.15, 0.2) is 24.3 Å². The lowest BCUT2D eigenvalue weighted by Crippen LogP contribution is -2.42. The summed E-state index contributed by atoms with van der Waals surface area (Å²) in [6, 6.07) is 8.02. The van der Waals surface area contributed by atoms with Crippen molar-refractivity contribution in [2.45, 2.75) is 33.7 Å². The molecule has 1 N–H and O–H groups in total. The number of carbonyl (C=O) groups is 2. The van der Waals surface area contributed by atoms with Gasteiger partial charge in [-0.1, -0.05) is 31.2 Å². The Morgan fingerprint density at radius 1 is 1.16 bits per heavy atom. The number of amides is 1. The number of carbonyl (C=O) groups excluding carboxylic acids is 2. The van der Waals surface area contributed by atoms with Crippen LogP contribution in [0.1, 0.15) is 31.9 Å². The highest BCUT2D eigenvalue weighted by Crippen LogP contribution is 2.17. The van der Waals surface area contributed by atoms with E-state index in [0.717, 1.165) is 12.0 Å². The molecule has 0 aliphatic rings. The Kier molecular flexibility index (Phi) is 5.10. The molecule has 0 atom stereocenters. The molecule has 4 nitrogen and oxygen atoms in total. The van der Waals surface area contributed by atoms with Gasteiger partial charge in [-0.05, 0) is 31.4 Å². The van der Waals surface area contributed by atoms with Crippen molar-refractivity contribution in [3.8, 4) is 0 Å². The summed E-state index contributed by atoms with van der Waals surface area (Å²) in [5, 5.41) is 2.75. The Morgan fingerprint density at radius 2 is 1.68 bits per heavy atom. The number of methoxy groups -OCH3 is 1. The molecule has 0 saturated heterocycles. The fraction of sp³-hybridized carbons (Fsp3) is 0.467.